The van der Waals surface area contributed by atoms with E-state index in [9.17, 15) is 9.59 Å². The fourth-order valence-electron chi connectivity index (χ4n) is 2.49. The van der Waals surface area contributed by atoms with Gasteiger partial charge in [0.05, 0.1) is 11.3 Å². The number of nitrogens with zero attached hydrogens (tertiary/aromatic N) is 1. The molecule has 2 rings (SSSR count). The molecule has 1 fully saturated rings. The number of hydrogen-bond acceptors (Lipinski definition) is 4. The molecule has 1 aromatic rings. The lowest BCUT2D eigenvalue weighted by Crippen LogP contribution is -2.36. The van der Waals surface area contributed by atoms with Crippen molar-refractivity contribution in [1.82, 2.24) is 10.3 Å². The zero-order chi connectivity index (χ0) is 14.5. The summed E-state index contributed by atoms with van der Waals surface area (Å²) >= 11 is 0. The third kappa shape index (κ3) is 3.77. The number of amides is 1. The van der Waals surface area contributed by atoms with Crippen LogP contribution in [0.15, 0.2) is 18.3 Å². The summed E-state index contributed by atoms with van der Waals surface area (Å²) in [5, 5.41) is 12.2. The first-order valence-corrected chi connectivity index (χ1v) is 6.77. The van der Waals surface area contributed by atoms with E-state index in [1.807, 2.05) is 0 Å². The SMILES string of the molecule is NC(=O)C1CCC(NCc2ccc(C(=O)O)cn2)CC1. The second-order valence-electron chi connectivity index (χ2n) is 5.18. The van der Waals surface area contributed by atoms with Gasteiger partial charge in [-0.3, -0.25) is 9.78 Å². The average molecular weight is 277 g/mol. The number of carbonyl (C=O) groups is 2. The predicted molar refractivity (Wildman–Crippen MR) is 73.0 cm³/mol. The minimum atomic E-state index is -0.971. The average Bonchev–Trinajstić information content (AvgIpc) is 2.46. The number of carbonyl (C=O) groups excluding carboxylic acids is 1. The zero-order valence-electron chi connectivity index (χ0n) is 11.2. The molecule has 0 unspecified atom stereocenters. The van der Waals surface area contributed by atoms with Gasteiger partial charge < -0.3 is 16.2 Å². The van der Waals surface area contributed by atoms with E-state index in [4.69, 9.17) is 10.8 Å². The normalized spacial score (nSPS) is 22.4. The Morgan fingerprint density at radius 3 is 2.50 bits per heavy atom. The Balaban J connectivity index is 1.78. The second-order valence-corrected chi connectivity index (χ2v) is 5.18. The van der Waals surface area contributed by atoms with Crippen molar-refractivity contribution >= 4 is 11.9 Å². The number of aromatic carboxylic acids is 1. The van der Waals surface area contributed by atoms with Crippen LogP contribution < -0.4 is 11.1 Å². The molecule has 1 heterocycles. The van der Waals surface area contributed by atoms with E-state index in [-0.39, 0.29) is 17.4 Å². The van der Waals surface area contributed by atoms with Crippen LogP contribution in [0.4, 0.5) is 0 Å². The molecule has 0 aliphatic heterocycles. The van der Waals surface area contributed by atoms with Gasteiger partial charge in [0.1, 0.15) is 0 Å². The lowest BCUT2D eigenvalue weighted by Gasteiger charge is -2.27. The lowest BCUT2D eigenvalue weighted by atomic mass is 9.85. The zero-order valence-corrected chi connectivity index (χ0v) is 11.2. The van der Waals surface area contributed by atoms with Gasteiger partial charge in [0, 0.05) is 24.7 Å². The molecular weight excluding hydrogens is 258 g/mol. The minimum Gasteiger partial charge on any atom is -0.478 e. The highest BCUT2D eigenvalue weighted by Crippen LogP contribution is 2.24. The van der Waals surface area contributed by atoms with Gasteiger partial charge in [0.25, 0.3) is 0 Å². The van der Waals surface area contributed by atoms with Crippen molar-refractivity contribution in [3.63, 3.8) is 0 Å². The molecule has 1 amide bonds. The number of nitrogens with two attached hydrogens (primary N) is 1. The number of aromatic nitrogens is 1. The van der Waals surface area contributed by atoms with Crippen LogP contribution in [0.2, 0.25) is 0 Å². The third-order valence-corrected chi connectivity index (χ3v) is 3.77. The first-order valence-electron chi connectivity index (χ1n) is 6.77. The first kappa shape index (κ1) is 14.5. The molecule has 0 bridgehead atoms. The molecule has 1 aliphatic carbocycles. The van der Waals surface area contributed by atoms with E-state index in [0.29, 0.717) is 12.6 Å². The largest absolute Gasteiger partial charge is 0.478 e. The van der Waals surface area contributed by atoms with E-state index in [1.54, 1.807) is 12.1 Å². The molecule has 0 aromatic carbocycles. The van der Waals surface area contributed by atoms with E-state index >= 15 is 0 Å². The Labute approximate surface area is 117 Å². The van der Waals surface area contributed by atoms with Crippen molar-refractivity contribution in [2.45, 2.75) is 38.3 Å². The van der Waals surface area contributed by atoms with Gasteiger partial charge >= 0.3 is 5.97 Å². The Bertz CT molecular complexity index is 479. The molecule has 0 spiro atoms. The van der Waals surface area contributed by atoms with Gasteiger partial charge in [0.15, 0.2) is 0 Å². The molecule has 1 saturated carbocycles. The number of nitrogens with one attached hydrogen (secondary N) is 1. The summed E-state index contributed by atoms with van der Waals surface area (Å²) in [6.07, 6.45) is 4.89. The molecule has 0 radical (unpaired) electrons. The number of rotatable bonds is 5. The highest BCUT2D eigenvalue weighted by molar-refractivity contribution is 5.87. The summed E-state index contributed by atoms with van der Waals surface area (Å²) in [6.45, 7) is 0.603. The number of carboxylic acids is 1. The molecule has 20 heavy (non-hydrogen) atoms. The summed E-state index contributed by atoms with van der Waals surface area (Å²) in [6, 6.07) is 3.63. The summed E-state index contributed by atoms with van der Waals surface area (Å²) in [5.41, 5.74) is 6.30. The van der Waals surface area contributed by atoms with Crippen molar-refractivity contribution < 1.29 is 14.7 Å². The Hall–Kier alpha value is -1.95. The Morgan fingerprint density at radius 2 is 2.00 bits per heavy atom. The monoisotopic (exact) mass is 277 g/mol. The van der Waals surface area contributed by atoms with E-state index in [0.717, 1.165) is 31.4 Å². The van der Waals surface area contributed by atoms with Crippen LogP contribution in [-0.4, -0.2) is 28.0 Å². The maximum absolute atomic E-state index is 11.1. The van der Waals surface area contributed by atoms with Crippen LogP contribution >= 0.6 is 0 Å². The van der Waals surface area contributed by atoms with Crippen molar-refractivity contribution in [1.29, 1.82) is 0 Å². The van der Waals surface area contributed by atoms with Gasteiger partial charge in [-0.05, 0) is 37.8 Å². The van der Waals surface area contributed by atoms with Crippen LogP contribution in [0.3, 0.4) is 0 Å². The lowest BCUT2D eigenvalue weighted by molar-refractivity contribution is -0.122. The standard InChI is InChI=1S/C14H19N3O3/c15-13(18)9-1-4-11(5-2-9)17-8-12-6-3-10(7-16-12)14(19)20/h3,6-7,9,11,17H,1-2,4-5,8H2,(H2,15,18)(H,19,20). The number of primary amides is 1. The molecule has 1 aromatic heterocycles. The van der Waals surface area contributed by atoms with Crippen molar-refractivity contribution in [2.24, 2.45) is 11.7 Å². The molecule has 6 heteroatoms. The fourth-order valence-corrected chi connectivity index (χ4v) is 2.49. The number of carboxylic acid groups (broad SMARTS) is 1. The molecule has 1 aliphatic rings. The highest BCUT2D eigenvalue weighted by Gasteiger charge is 2.24. The molecule has 4 N–H and O–H groups in total. The Morgan fingerprint density at radius 1 is 1.30 bits per heavy atom. The summed E-state index contributed by atoms with van der Waals surface area (Å²) < 4.78 is 0. The van der Waals surface area contributed by atoms with Gasteiger partial charge in [0.2, 0.25) is 5.91 Å². The number of hydrogen-bond donors (Lipinski definition) is 3. The third-order valence-electron chi connectivity index (χ3n) is 3.77. The van der Waals surface area contributed by atoms with Crippen LogP contribution in [0, 0.1) is 5.92 Å². The van der Waals surface area contributed by atoms with Crippen LogP contribution in [0.5, 0.6) is 0 Å². The molecular formula is C14H19N3O3. The summed E-state index contributed by atoms with van der Waals surface area (Å²) in [5.74, 6) is -1.16. The van der Waals surface area contributed by atoms with E-state index < -0.39 is 5.97 Å². The van der Waals surface area contributed by atoms with Gasteiger partial charge in [-0.25, -0.2) is 4.79 Å². The maximum Gasteiger partial charge on any atom is 0.337 e. The van der Waals surface area contributed by atoms with Gasteiger partial charge in [-0.1, -0.05) is 0 Å². The molecule has 0 saturated heterocycles. The van der Waals surface area contributed by atoms with Gasteiger partial charge in [-0.15, -0.1) is 0 Å². The van der Waals surface area contributed by atoms with E-state index in [2.05, 4.69) is 10.3 Å². The molecule has 0 atom stereocenters. The molecule has 6 nitrogen and oxygen atoms in total. The van der Waals surface area contributed by atoms with Crippen LogP contribution in [0.1, 0.15) is 41.7 Å². The van der Waals surface area contributed by atoms with Crippen molar-refractivity contribution in [3.05, 3.63) is 29.6 Å². The summed E-state index contributed by atoms with van der Waals surface area (Å²) in [7, 11) is 0. The van der Waals surface area contributed by atoms with Crippen molar-refractivity contribution in [3.8, 4) is 0 Å². The maximum atomic E-state index is 11.1. The number of pyridine rings is 1. The predicted octanol–water partition coefficient (Wildman–Crippen LogP) is 0.913. The Kier molecular flexibility index (Phi) is 4.68. The summed E-state index contributed by atoms with van der Waals surface area (Å²) in [4.78, 5) is 25.9. The van der Waals surface area contributed by atoms with Crippen molar-refractivity contribution in [2.75, 3.05) is 0 Å². The van der Waals surface area contributed by atoms with Crippen LogP contribution in [0.25, 0.3) is 0 Å². The quantitative estimate of drug-likeness (QED) is 0.742. The topological polar surface area (TPSA) is 105 Å². The second kappa shape index (κ2) is 6.47. The highest BCUT2D eigenvalue weighted by atomic mass is 16.4. The molecule has 108 valence electrons. The fraction of sp³-hybridized carbons (Fsp3) is 0.500. The first-order chi connectivity index (χ1) is 9.56. The van der Waals surface area contributed by atoms with E-state index in [1.165, 1.54) is 6.20 Å². The van der Waals surface area contributed by atoms with Gasteiger partial charge in [-0.2, -0.15) is 0 Å². The minimum absolute atomic E-state index is 0.0148. The van der Waals surface area contributed by atoms with Crippen LogP contribution in [-0.2, 0) is 11.3 Å². The smallest absolute Gasteiger partial charge is 0.337 e.